The van der Waals surface area contributed by atoms with Crippen LogP contribution in [0.4, 0.5) is 0 Å². The Bertz CT molecular complexity index is 2460. The van der Waals surface area contributed by atoms with E-state index in [1.54, 1.807) is 0 Å². The van der Waals surface area contributed by atoms with Crippen LogP contribution in [0.25, 0.3) is 90.9 Å². The zero-order valence-electron chi connectivity index (χ0n) is 35.6. The summed E-state index contributed by atoms with van der Waals surface area (Å²) < 4.78 is 0. The fraction of sp³-hybridized carbons (Fsp3) is 0.185. The van der Waals surface area contributed by atoms with Crippen LogP contribution in [0, 0.1) is 27.7 Å². The average Bonchev–Trinajstić information content (AvgIpc) is 4.10. The monoisotopic (exact) mass is 886 g/mol. The molecule has 0 saturated heterocycles. The molecule has 4 aromatic carbocycles. The first-order chi connectivity index (χ1) is 28.7. The van der Waals surface area contributed by atoms with Gasteiger partial charge in [-0.2, -0.15) is 0 Å². The maximum Gasteiger partial charge on any atom is 2.00 e. The van der Waals surface area contributed by atoms with E-state index in [4.69, 9.17) is 19.9 Å². The number of aromatic nitrogens is 4. The van der Waals surface area contributed by atoms with Crippen molar-refractivity contribution in [3.8, 4) is 44.5 Å². The molecule has 2 aliphatic heterocycles. The fourth-order valence-electron chi connectivity index (χ4n) is 7.90. The summed E-state index contributed by atoms with van der Waals surface area (Å²) in [6, 6.07) is 47.4. The van der Waals surface area contributed by atoms with Crippen LogP contribution in [-0.4, -0.2) is 18.8 Å². The number of hydrogen-bond donors (Lipinski definition) is 0. The summed E-state index contributed by atoms with van der Waals surface area (Å²) in [7, 11) is 0.137. The Morgan fingerprint density at radius 1 is 0.350 bits per heavy atom. The molecule has 9 rings (SSSR count). The molecule has 7 aromatic rings. The molecule has 0 aliphatic carbocycles. The second-order valence-electron chi connectivity index (χ2n) is 15.6. The van der Waals surface area contributed by atoms with Gasteiger partial charge in [0.25, 0.3) is 0 Å². The Morgan fingerprint density at radius 2 is 0.567 bits per heavy atom. The van der Waals surface area contributed by atoms with E-state index in [1.165, 1.54) is 40.4 Å². The van der Waals surface area contributed by atoms with Gasteiger partial charge in [-0.25, -0.2) is 9.97 Å². The van der Waals surface area contributed by atoms with Gasteiger partial charge in [-0.05, 0) is 96.5 Å². The predicted octanol–water partition coefficient (Wildman–Crippen LogP) is 14.4. The third kappa shape index (κ3) is 8.92. The van der Waals surface area contributed by atoms with Crippen molar-refractivity contribution in [1.82, 2.24) is 19.9 Å². The van der Waals surface area contributed by atoms with Crippen LogP contribution < -0.4 is 9.97 Å². The normalized spacial score (nSPS) is 11.7. The number of rotatable bonds is 7. The Labute approximate surface area is 370 Å². The second-order valence-corrected chi connectivity index (χ2v) is 19.3. The third-order valence-corrected chi connectivity index (χ3v) is 14.5. The van der Waals surface area contributed by atoms with Crippen molar-refractivity contribution < 1.29 is 19.5 Å². The van der Waals surface area contributed by atoms with E-state index in [-0.39, 0.29) is 28.3 Å². The molecule has 0 atom stereocenters. The molecule has 0 spiro atoms. The largest absolute Gasteiger partial charge is 2.00 e. The van der Waals surface area contributed by atoms with Crippen LogP contribution >= 0.6 is 0 Å². The van der Waals surface area contributed by atoms with Gasteiger partial charge in [0.05, 0.1) is 22.8 Å². The Balaban J connectivity index is 0.000000628. The number of hydrogen-bond acceptors (Lipinski definition) is 2. The number of benzene rings is 4. The number of nitrogens with zero attached hydrogens (tertiary/aromatic N) is 4. The van der Waals surface area contributed by atoms with Crippen molar-refractivity contribution in [3.05, 3.63) is 166 Å². The van der Waals surface area contributed by atoms with E-state index in [0.717, 1.165) is 89.4 Å². The van der Waals surface area contributed by atoms with Gasteiger partial charge in [0.2, 0.25) is 0 Å². The van der Waals surface area contributed by atoms with Crippen LogP contribution in [0.5, 0.6) is 0 Å². The maximum atomic E-state index is 5.37. The van der Waals surface area contributed by atoms with Crippen molar-refractivity contribution in [2.45, 2.75) is 66.6 Å². The minimum Gasteiger partial charge on any atom is -0.657 e. The molecule has 6 heteroatoms. The van der Waals surface area contributed by atoms with Gasteiger partial charge >= 0.3 is 19.5 Å². The van der Waals surface area contributed by atoms with Gasteiger partial charge in [0.1, 0.15) is 0 Å². The summed E-state index contributed by atoms with van der Waals surface area (Å²) in [6.45, 7) is 15.4. The minimum atomic E-state index is 0. The van der Waals surface area contributed by atoms with Crippen LogP contribution in [0.2, 0.25) is 18.1 Å². The van der Waals surface area contributed by atoms with Crippen LogP contribution in [-0.2, 0) is 19.5 Å². The van der Waals surface area contributed by atoms with Crippen molar-refractivity contribution in [2.24, 2.45) is 0 Å². The first kappa shape index (κ1) is 42.4. The van der Waals surface area contributed by atoms with Crippen LogP contribution in [0.15, 0.2) is 121 Å². The van der Waals surface area contributed by atoms with Crippen molar-refractivity contribution in [1.29, 1.82) is 0 Å². The van der Waals surface area contributed by atoms with Gasteiger partial charge in [0.15, 0.2) is 0 Å². The quantitative estimate of drug-likeness (QED) is 0.150. The fourth-order valence-corrected chi connectivity index (χ4v) is 9.40. The Hall–Kier alpha value is -5.68. The molecule has 2 aliphatic rings. The van der Waals surface area contributed by atoms with Crippen LogP contribution in [0.1, 0.15) is 65.8 Å². The topological polar surface area (TPSA) is 54.0 Å². The smallest absolute Gasteiger partial charge is 0.657 e. The molecule has 60 heavy (non-hydrogen) atoms. The first-order valence-corrected chi connectivity index (χ1v) is 23.0. The molecule has 0 fully saturated rings. The number of fused-ring (bicyclic) bond motifs is 8. The molecule has 300 valence electrons. The summed E-state index contributed by atoms with van der Waals surface area (Å²) >= 11 is 0. The van der Waals surface area contributed by atoms with Gasteiger partial charge in [0, 0.05) is 8.80 Å². The molecular weight excluding hydrogens is 836 g/mol. The summed E-state index contributed by atoms with van der Waals surface area (Å²) in [4.78, 5) is 21.5. The Kier molecular flexibility index (Phi) is 13.2. The molecule has 8 bridgehead atoms. The average molecular weight is 887 g/mol. The molecule has 0 unspecified atom stereocenters. The van der Waals surface area contributed by atoms with E-state index in [0.29, 0.717) is 0 Å². The van der Waals surface area contributed by atoms with E-state index >= 15 is 0 Å². The van der Waals surface area contributed by atoms with Crippen molar-refractivity contribution in [2.75, 3.05) is 0 Å². The minimum absolute atomic E-state index is 0. The molecule has 0 saturated carbocycles. The molecule has 5 heterocycles. The van der Waals surface area contributed by atoms with E-state index in [1.807, 2.05) is 0 Å². The van der Waals surface area contributed by atoms with E-state index in [2.05, 4.69) is 194 Å². The molecule has 3 aromatic heterocycles. The second kappa shape index (κ2) is 18.7. The van der Waals surface area contributed by atoms with E-state index in [9.17, 15) is 0 Å². The number of aryl methyl sites for hydroxylation is 4. The van der Waals surface area contributed by atoms with Gasteiger partial charge < -0.3 is 9.97 Å². The first-order valence-electron chi connectivity index (χ1n) is 20.9. The predicted molar refractivity (Wildman–Crippen MR) is 255 cm³/mol. The summed E-state index contributed by atoms with van der Waals surface area (Å²) in [5.74, 6) is 0. The van der Waals surface area contributed by atoms with Crippen molar-refractivity contribution in [3.63, 3.8) is 0 Å². The van der Waals surface area contributed by atoms with Gasteiger partial charge in [-0.15, -0.1) is 22.1 Å². The van der Waals surface area contributed by atoms with Gasteiger partial charge in [-0.3, -0.25) is 0 Å². The Morgan fingerprint density at radius 3 is 0.750 bits per heavy atom. The zero-order chi connectivity index (χ0) is 41.0. The third-order valence-electron chi connectivity index (χ3n) is 11.5. The summed E-state index contributed by atoms with van der Waals surface area (Å²) in [5, 5.41) is 0. The van der Waals surface area contributed by atoms with Crippen molar-refractivity contribution >= 4 is 55.2 Å². The molecule has 4 nitrogen and oxygen atoms in total. The summed E-state index contributed by atoms with van der Waals surface area (Å²) in [5.41, 5.74) is 19.9. The zero-order valence-corrected chi connectivity index (χ0v) is 38.2. The van der Waals surface area contributed by atoms with Crippen LogP contribution in [0.3, 0.4) is 0 Å². The van der Waals surface area contributed by atoms with Gasteiger partial charge in [-0.1, -0.05) is 182 Å². The maximum absolute atomic E-state index is 5.37. The SMILES string of the molecule is CC[Si](CC)CC.Cc1ccc(-c2c3nc(c(-c4ccc(C)cc4)c4ccc([n-]4)c(-c4ccc(C)cc4)c4nc(c(-c5ccc(C)cc5)c5ccc2[n-]5)C=C4)C=C3)cc1.[Rh+2]. The molecule has 0 N–H and O–H groups in total. The standard InChI is InChI=1S/C48H36N4.C6H15Si.Rh/c1-29-5-13-33(14-6-29)45-37-21-23-39(49-37)46(34-15-7-30(2)8-16-34)41-25-27-43(51-41)48(36-19-11-32(4)12-20-36)44-28-26-42(52-44)47(40-24-22-38(45)50-40)35-17-9-31(3)10-18-35;1-4-7(5-2)6-3;/h5-28H,1-4H3;4-6H2,1-3H3;/q-2;;+2. The molecular formula is C54H51N4RhSi. The van der Waals surface area contributed by atoms with E-state index < -0.39 is 0 Å². The summed E-state index contributed by atoms with van der Waals surface area (Å²) in [6.07, 6.45) is 8.48. The molecule has 0 amide bonds. The molecule has 2 radical (unpaired) electrons.